The van der Waals surface area contributed by atoms with Crippen LogP contribution in [-0.4, -0.2) is 17.5 Å². The number of hydrogen-bond donors (Lipinski definition) is 1. The first kappa shape index (κ1) is 16.1. The molecule has 0 amide bonds. The van der Waals surface area contributed by atoms with E-state index in [4.69, 9.17) is 0 Å². The normalized spacial score (nSPS) is 13.8. The van der Waals surface area contributed by atoms with E-state index in [0.717, 1.165) is 12.2 Å². The van der Waals surface area contributed by atoms with Gasteiger partial charge >= 0.3 is 0 Å². The Morgan fingerprint density at radius 3 is 2.19 bits per heavy atom. The number of benzene rings is 2. The molecule has 21 heavy (non-hydrogen) atoms. The highest BCUT2D eigenvalue weighted by molar-refractivity contribution is 7.99. The molecule has 0 saturated carbocycles. The Balaban J connectivity index is 2.07. The van der Waals surface area contributed by atoms with E-state index in [-0.39, 0.29) is 0 Å². The topological polar surface area (TPSA) is 12.0 Å². The molecule has 2 atom stereocenters. The molecule has 2 aromatic rings. The van der Waals surface area contributed by atoms with Crippen LogP contribution >= 0.6 is 11.8 Å². The van der Waals surface area contributed by atoms with Crippen LogP contribution in [0, 0.1) is 0 Å². The molecule has 2 unspecified atom stereocenters. The second kappa shape index (κ2) is 8.91. The van der Waals surface area contributed by atoms with E-state index in [1.54, 1.807) is 0 Å². The second-order valence-electron chi connectivity index (χ2n) is 5.38. The van der Waals surface area contributed by atoms with Gasteiger partial charge in [0.1, 0.15) is 0 Å². The van der Waals surface area contributed by atoms with E-state index in [1.807, 2.05) is 11.8 Å². The van der Waals surface area contributed by atoms with Crippen molar-refractivity contribution in [1.29, 1.82) is 0 Å². The van der Waals surface area contributed by atoms with Gasteiger partial charge in [0.15, 0.2) is 0 Å². The number of thioether (sulfide) groups is 1. The van der Waals surface area contributed by atoms with Crippen LogP contribution in [0.5, 0.6) is 0 Å². The zero-order chi connectivity index (χ0) is 14.9. The van der Waals surface area contributed by atoms with Crippen LogP contribution in [0.2, 0.25) is 0 Å². The molecule has 1 N–H and O–H groups in total. The van der Waals surface area contributed by atoms with Gasteiger partial charge in [0.05, 0.1) is 0 Å². The summed E-state index contributed by atoms with van der Waals surface area (Å²) in [7, 11) is 0. The third-order valence-electron chi connectivity index (χ3n) is 3.54. The molecule has 0 aliphatic carbocycles. The molecular weight excluding hydrogens is 274 g/mol. The zero-order valence-electron chi connectivity index (χ0n) is 13.0. The molecule has 0 aliphatic heterocycles. The van der Waals surface area contributed by atoms with Crippen molar-refractivity contribution in [2.45, 2.75) is 32.4 Å². The van der Waals surface area contributed by atoms with Crippen LogP contribution in [0.3, 0.4) is 0 Å². The van der Waals surface area contributed by atoms with E-state index in [2.05, 4.69) is 79.8 Å². The Labute approximate surface area is 133 Å². The first-order valence-electron chi connectivity index (χ1n) is 7.72. The Morgan fingerprint density at radius 1 is 0.952 bits per heavy atom. The third-order valence-corrected chi connectivity index (χ3v) is 4.69. The minimum atomic E-state index is 0.376. The highest BCUT2D eigenvalue weighted by atomic mass is 32.2. The summed E-state index contributed by atoms with van der Waals surface area (Å²) in [4.78, 5) is 0. The standard InChI is InChI=1S/C19H25NS/c1-3-21-15-16(2)20-19(18-12-8-5-9-13-18)14-17-10-6-4-7-11-17/h4-13,16,19-20H,3,14-15H2,1-2H3. The summed E-state index contributed by atoms with van der Waals surface area (Å²) >= 11 is 2.00. The molecule has 112 valence electrons. The summed E-state index contributed by atoms with van der Waals surface area (Å²) in [6.45, 7) is 4.50. The van der Waals surface area contributed by atoms with Gasteiger partial charge < -0.3 is 5.32 Å². The number of hydrogen-bond acceptors (Lipinski definition) is 2. The first-order valence-corrected chi connectivity index (χ1v) is 8.87. The molecule has 2 aromatic carbocycles. The van der Waals surface area contributed by atoms with Crippen molar-refractivity contribution in [3.8, 4) is 0 Å². The Bertz CT molecular complexity index is 497. The van der Waals surface area contributed by atoms with Crippen LogP contribution in [-0.2, 0) is 6.42 Å². The van der Waals surface area contributed by atoms with Crippen molar-refractivity contribution in [2.75, 3.05) is 11.5 Å². The van der Waals surface area contributed by atoms with Crippen molar-refractivity contribution in [2.24, 2.45) is 0 Å². The van der Waals surface area contributed by atoms with Crippen LogP contribution in [0.1, 0.15) is 31.0 Å². The fourth-order valence-corrected chi connectivity index (χ4v) is 3.18. The molecule has 0 aromatic heterocycles. The fraction of sp³-hybridized carbons (Fsp3) is 0.368. The Hall–Kier alpha value is -1.25. The molecule has 1 nitrogen and oxygen atoms in total. The maximum atomic E-state index is 3.80. The average Bonchev–Trinajstić information content (AvgIpc) is 2.54. The lowest BCUT2D eigenvalue weighted by molar-refractivity contribution is 0.479. The summed E-state index contributed by atoms with van der Waals surface area (Å²) in [5.41, 5.74) is 2.75. The van der Waals surface area contributed by atoms with Crippen molar-refractivity contribution < 1.29 is 0 Å². The molecule has 0 radical (unpaired) electrons. The molecular formula is C19H25NS. The van der Waals surface area contributed by atoms with Gasteiger partial charge in [-0.15, -0.1) is 0 Å². The minimum absolute atomic E-state index is 0.376. The molecule has 0 heterocycles. The summed E-state index contributed by atoms with van der Waals surface area (Å²) in [6.07, 6.45) is 1.03. The lowest BCUT2D eigenvalue weighted by atomic mass is 9.98. The van der Waals surface area contributed by atoms with Crippen LogP contribution in [0.25, 0.3) is 0 Å². The van der Waals surface area contributed by atoms with Gasteiger partial charge in [0.2, 0.25) is 0 Å². The van der Waals surface area contributed by atoms with Gasteiger partial charge in [-0.1, -0.05) is 67.6 Å². The SMILES string of the molecule is CCSCC(C)NC(Cc1ccccc1)c1ccccc1. The molecule has 0 aliphatic rings. The summed E-state index contributed by atoms with van der Waals surface area (Å²) in [5.74, 6) is 2.34. The molecule has 0 fully saturated rings. The molecule has 0 bridgehead atoms. The molecule has 2 heteroatoms. The maximum absolute atomic E-state index is 3.80. The second-order valence-corrected chi connectivity index (χ2v) is 6.70. The monoisotopic (exact) mass is 299 g/mol. The summed E-state index contributed by atoms with van der Waals surface area (Å²) in [5, 5.41) is 3.80. The van der Waals surface area contributed by atoms with E-state index < -0.39 is 0 Å². The van der Waals surface area contributed by atoms with Gasteiger partial charge in [-0.25, -0.2) is 0 Å². The summed E-state index contributed by atoms with van der Waals surface area (Å²) in [6, 6.07) is 22.4. The van der Waals surface area contributed by atoms with Gasteiger partial charge in [-0.05, 0) is 30.2 Å². The van der Waals surface area contributed by atoms with Gasteiger partial charge in [-0.2, -0.15) is 11.8 Å². The van der Waals surface area contributed by atoms with Crippen molar-refractivity contribution in [3.63, 3.8) is 0 Å². The maximum Gasteiger partial charge on any atom is 0.0363 e. The van der Waals surface area contributed by atoms with Crippen LogP contribution in [0.15, 0.2) is 60.7 Å². The quantitative estimate of drug-likeness (QED) is 0.758. The highest BCUT2D eigenvalue weighted by Gasteiger charge is 2.14. The van der Waals surface area contributed by atoms with Crippen molar-refractivity contribution >= 4 is 11.8 Å². The lowest BCUT2D eigenvalue weighted by Gasteiger charge is -2.24. The van der Waals surface area contributed by atoms with E-state index >= 15 is 0 Å². The number of rotatable bonds is 8. The largest absolute Gasteiger partial charge is 0.306 e. The molecule has 0 spiro atoms. The lowest BCUT2D eigenvalue weighted by Crippen LogP contribution is -2.33. The van der Waals surface area contributed by atoms with Gasteiger partial charge in [0.25, 0.3) is 0 Å². The Morgan fingerprint density at radius 2 is 1.57 bits per heavy atom. The van der Waals surface area contributed by atoms with E-state index in [0.29, 0.717) is 12.1 Å². The van der Waals surface area contributed by atoms with E-state index in [1.165, 1.54) is 16.9 Å². The first-order chi connectivity index (χ1) is 10.3. The van der Waals surface area contributed by atoms with Gasteiger partial charge in [0, 0.05) is 17.8 Å². The predicted octanol–water partition coefficient (Wildman–Crippen LogP) is 4.70. The van der Waals surface area contributed by atoms with Crippen molar-refractivity contribution in [1.82, 2.24) is 5.32 Å². The van der Waals surface area contributed by atoms with Gasteiger partial charge in [-0.3, -0.25) is 0 Å². The minimum Gasteiger partial charge on any atom is -0.306 e. The van der Waals surface area contributed by atoms with E-state index in [9.17, 15) is 0 Å². The number of nitrogens with one attached hydrogen (secondary N) is 1. The smallest absolute Gasteiger partial charge is 0.0363 e. The predicted molar refractivity (Wildman–Crippen MR) is 94.9 cm³/mol. The molecule has 0 saturated heterocycles. The fourth-order valence-electron chi connectivity index (χ4n) is 2.49. The Kier molecular flexibility index (Phi) is 6.84. The van der Waals surface area contributed by atoms with Crippen LogP contribution < -0.4 is 5.32 Å². The zero-order valence-corrected chi connectivity index (χ0v) is 13.8. The third kappa shape index (κ3) is 5.56. The molecule has 2 rings (SSSR count). The van der Waals surface area contributed by atoms with Crippen molar-refractivity contribution in [3.05, 3.63) is 71.8 Å². The highest BCUT2D eigenvalue weighted by Crippen LogP contribution is 2.19. The summed E-state index contributed by atoms with van der Waals surface area (Å²) < 4.78 is 0. The average molecular weight is 299 g/mol. The van der Waals surface area contributed by atoms with Crippen LogP contribution in [0.4, 0.5) is 0 Å².